The number of nitrogens with zero attached hydrogens (tertiary/aromatic N) is 4. The second-order valence-electron chi connectivity index (χ2n) is 4.20. The summed E-state index contributed by atoms with van der Waals surface area (Å²) in [6.07, 6.45) is 2.34. The number of ether oxygens (including phenoxy) is 1. The Balaban J connectivity index is 2.49. The van der Waals surface area contributed by atoms with Gasteiger partial charge in [0.25, 0.3) is 0 Å². The van der Waals surface area contributed by atoms with E-state index in [1.54, 1.807) is 17.9 Å². The number of hydrogen-bond acceptors (Lipinski definition) is 4. The molecule has 102 valence electrons. The average molecular weight is 262 g/mol. The summed E-state index contributed by atoms with van der Waals surface area (Å²) in [6, 6.07) is 1.83. The van der Waals surface area contributed by atoms with E-state index in [4.69, 9.17) is 4.74 Å². The van der Waals surface area contributed by atoms with E-state index in [1.807, 2.05) is 19.9 Å². The molecular weight excluding hydrogens is 244 g/mol. The van der Waals surface area contributed by atoms with Crippen molar-refractivity contribution in [1.29, 1.82) is 0 Å². The van der Waals surface area contributed by atoms with Crippen molar-refractivity contribution in [2.24, 2.45) is 7.05 Å². The van der Waals surface area contributed by atoms with Gasteiger partial charge in [-0.3, -0.25) is 14.2 Å². The minimum absolute atomic E-state index is 0.120. The lowest BCUT2D eigenvalue weighted by molar-refractivity contribution is 0.101. The Morgan fingerprint density at radius 1 is 1.42 bits per heavy atom. The summed E-state index contributed by atoms with van der Waals surface area (Å²) in [7, 11) is 3.26. The minimum Gasteiger partial charge on any atom is -0.493 e. The Morgan fingerprint density at radius 2 is 2.16 bits per heavy atom. The van der Waals surface area contributed by atoms with Crippen LogP contribution in [0.3, 0.4) is 0 Å². The molecule has 2 heterocycles. The van der Waals surface area contributed by atoms with Crippen LogP contribution in [0.5, 0.6) is 5.75 Å². The monoisotopic (exact) mass is 262 g/mol. The molecule has 0 bridgehead atoms. The molecule has 0 atom stereocenters. The van der Waals surface area contributed by atoms with Crippen LogP contribution in [-0.4, -0.2) is 32.5 Å². The van der Waals surface area contributed by atoms with Crippen LogP contribution in [0, 0.1) is 0 Å². The van der Waals surface area contributed by atoms with Gasteiger partial charge in [0, 0.05) is 13.6 Å². The molecule has 0 spiro atoms. The quantitative estimate of drug-likeness (QED) is 0.765. The van der Waals surface area contributed by atoms with Gasteiger partial charge in [-0.25, -0.2) is 0 Å². The highest BCUT2D eigenvalue weighted by atomic mass is 16.5. The maximum absolute atomic E-state index is 12.6. The number of aryl methyl sites for hydroxylation is 3. The zero-order valence-corrected chi connectivity index (χ0v) is 11.7. The summed E-state index contributed by atoms with van der Waals surface area (Å²) >= 11 is 0. The maximum Gasteiger partial charge on any atom is 0.232 e. The van der Waals surface area contributed by atoms with Crippen molar-refractivity contribution < 1.29 is 9.53 Å². The van der Waals surface area contributed by atoms with E-state index in [9.17, 15) is 4.79 Å². The Labute approximate surface area is 112 Å². The second-order valence-corrected chi connectivity index (χ2v) is 4.20. The van der Waals surface area contributed by atoms with Crippen LogP contribution in [0.1, 0.15) is 35.7 Å². The molecule has 6 nitrogen and oxygen atoms in total. The molecule has 0 amide bonds. The fraction of sp³-hybridized carbons (Fsp3) is 0.462. The summed E-state index contributed by atoms with van der Waals surface area (Å²) in [5.41, 5.74) is 1.92. The van der Waals surface area contributed by atoms with Crippen LogP contribution in [0.4, 0.5) is 0 Å². The van der Waals surface area contributed by atoms with Crippen molar-refractivity contribution in [3.05, 3.63) is 29.3 Å². The van der Waals surface area contributed by atoms with Gasteiger partial charge in [-0.1, -0.05) is 6.92 Å². The zero-order valence-electron chi connectivity index (χ0n) is 11.7. The Bertz CT molecular complexity index is 598. The van der Waals surface area contributed by atoms with E-state index in [0.29, 0.717) is 23.7 Å². The SMILES string of the molecule is CCc1cc(C(=O)c2c(OC)cnn2C)n(CC)n1. The van der Waals surface area contributed by atoms with Crippen LogP contribution in [0.25, 0.3) is 0 Å². The van der Waals surface area contributed by atoms with Gasteiger partial charge in [-0.05, 0) is 19.4 Å². The number of hydrogen-bond donors (Lipinski definition) is 0. The standard InChI is InChI=1S/C13H18N4O2/c1-5-9-7-10(17(6-2)15-9)13(18)12-11(19-4)8-14-16(12)3/h7-8H,5-6H2,1-4H3. The molecule has 0 aliphatic carbocycles. The van der Waals surface area contributed by atoms with Crippen molar-refractivity contribution in [2.45, 2.75) is 26.8 Å². The molecule has 0 fully saturated rings. The first-order chi connectivity index (χ1) is 9.12. The topological polar surface area (TPSA) is 61.9 Å². The fourth-order valence-corrected chi connectivity index (χ4v) is 2.01. The van der Waals surface area contributed by atoms with Crippen LogP contribution in [0.2, 0.25) is 0 Å². The van der Waals surface area contributed by atoms with Crippen molar-refractivity contribution in [2.75, 3.05) is 7.11 Å². The number of ketones is 1. The first kappa shape index (κ1) is 13.3. The molecule has 2 aromatic rings. The van der Waals surface area contributed by atoms with Crippen molar-refractivity contribution in [3.8, 4) is 5.75 Å². The molecule has 0 N–H and O–H groups in total. The molecule has 19 heavy (non-hydrogen) atoms. The molecule has 0 aliphatic rings. The van der Waals surface area contributed by atoms with Gasteiger partial charge in [0.15, 0.2) is 11.4 Å². The minimum atomic E-state index is -0.120. The maximum atomic E-state index is 12.6. The van der Waals surface area contributed by atoms with Crippen molar-refractivity contribution >= 4 is 5.78 Å². The molecule has 2 rings (SSSR count). The number of carbonyl (C=O) groups excluding carboxylic acids is 1. The molecule has 0 unspecified atom stereocenters. The molecule has 2 aromatic heterocycles. The van der Waals surface area contributed by atoms with Crippen LogP contribution < -0.4 is 4.74 Å². The van der Waals surface area contributed by atoms with E-state index in [-0.39, 0.29) is 5.78 Å². The normalized spacial score (nSPS) is 10.7. The second kappa shape index (κ2) is 5.26. The Hall–Kier alpha value is -2.11. The molecular formula is C13H18N4O2. The summed E-state index contributed by atoms with van der Waals surface area (Å²) in [5, 5.41) is 8.45. The first-order valence-electron chi connectivity index (χ1n) is 6.29. The van der Waals surface area contributed by atoms with Crippen molar-refractivity contribution in [1.82, 2.24) is 19.6 Å². The average Bonchev–Trinajstić information content (AvgIpc) is 3.00. The predicted molar refractivity (Wildman–Crippen MR) is 70.5 cm³/mol. The van der Waals surface area contributed by atoms with E-state index < -0.39 is 0 Å². The lowest BCUT2D eigenvalue weighted by atomic mass is 10.2. The van der Waals surface area contributed by atoms with Crippen LogP contribution in [-0.2, 0) is 20.0 Å². The third kappa shape index (κ3) is 2.25. The summed E-state index contributed by atoms with van der Waals surface area (Å²) in [6.45, 7) is 4.63. The molecule has 0 saturated carbocycles. The molecule has 0 aliphatic heterocycles. The van der Waals surface area contributed by atoms with E-state index in [1.165, 1.54) is 11.8 Å². The fourth-order valence-electron chi connectivity index (χ4n) is 2.01. The number of methoxy groups -OCH3 is 1. The zero-order chi connectivity index (χ0) is 14.0. The Kier molecular flexibility index (Phi) is 3.69. The third-order valence-electron chi connectivity index (χ3n) is 3.07. The highest BCUT2D eigenvalue weighted by molar-refractivity contribution is 6.08. The Morgan fingerprint density at radius 3 is 2.74 bits per heavy atom. The predicted octanol–water partition coefficient (Wildman–Crippen LogP) is 1.44. The molecule has 0 saturated heterocycles. The van der Waals surface area contributed by atoms with E-state index in [2.05, 4.69) is 10.2 Å². The van der Waals surface area contributed by atoms with Gasteiger partial charge in [-0.2, -0.15) is 10.2 Å². The lowest BCUT2D eigenvalue weighted by Crippen LogP contribution is -2.14. The first-order valence-corrected chi connectivity index (χ1v) is 6.29. The van der Waals surface area contributed by atoms with Crippen LogP contribution in [0.15, 0.2) is 12.3 Å². The lowest BCUT2D eigenvalue weighted by Gasteiger charge is -2.06. The largest absolute Gasteiger partial charge is 0.493 e. The highest BCUT2D eigenvalue weighted by Crippen LogP contribution is 2.21. The number of rotatable bonds is 5. The summed E-state index contributed by atoms with van der Waals surface area (Å²) in [4.78, 5) is 12.6. The summed E-state index contributed by atoms with van der Waals surface area (Å²) in [5.74, 6) is 0.361. The molecule has 0 radical (unpaired) electrons. The highest BCUT2D eigenvalue weighted by Gasteiger charge is 2.23. The van der Waals surface area contributed by atoms with Gasteiger partial charge in [0.05, 0.1) is 19.0 Å². The number of aromatic nitrogens is 4. The van der Waals surface area contributed by atoms with Crippen LogP contribution >= 0.6 is 0 Å². The molecule has 6 heteroatoms. The third-order valence-corrected chi connectivity index (χ3v) is 3.07. The molecule has 0 aromatic carbocycles. The summed E-state index contributed by atoms with van der Waals surface area (Å²) < 4.78 is 8.43. The van der Waals surface area contributed by atoms with E-state index >= 15 is 0 Å². The van der Waals surface area contributed by atoms with Gasteiger partial charge < -0.3 is 4.74 Å². The van der Waals surface area contributed by atoms with Crippen molar-refractivity contribution in [3.63, 3.8) is 0 Å². The number of carbonyl (C=O) groups is 1. The van der Waals surface area contributed by atoms with Gasteiger partial charge in [-0.15, -0.1) is 0 Å². The smallest absolute Gasteiger partial charge is 0.232 e. The van der Waals surface area contributed by atoms with E-state index in [0.717, 1.165) is 12.1 Å². The van der Waals surface area contributed by atoms with Gasteiger partial charge >= 0.3 is 0 Å². The van der Waals surface area contributed by atoms with Gasteiger partial charge in [0.1, 0.15) is 5.69 Å². The van der Waals surface area contributed by atoms with Gasteiger partial charge in [0.2, 0.25) is 5.78 Å².